The van der Waals surface area contributed by atoms with Crippen LogP contribution in [0.2, 0.25) is 0 Å². The van der Waals surface area contributed by atoms with E-state index in [0.29, 0.717) is 5.95 Å². The minimum absolute atomic E-state index is 0.205. The van der Waals surface area contributed by atoms with Gasteiger partial charge in [-0.15, -0.1) is 0 Å². The van der Waals surface area contributed by atoms with Gasteiger partial charge in [-0.3, -0.25) is 10.1 Å². The van der Waals surface area contributed by atoms with Gasteiger partial charge in [0, 0.05) is 17.4 Å². The third kappa shape index (κ3) is 5.40. The molecule has 0 aliphatic heterocycles. The fourth-order valence-corrected chi connectivity index (χ4v) is 2.17. The van der Waals surface area contributed by atoms with Crippen molar-refractivity contribution in [1.82, 2.24) is 15.0 Å². The second-order valence-electron chi connectivity index (χ2n) is 5.02. The smallest absolute Gasteiger partial charge is 0.234 e. The molecule has 22 heavy (non-hydrogen) atoms. The predicted octanol–water partition coefficient (Wildman–Crippen LogP) is 3.03. The Labute approximate surface area is 137 Å². The fourth-order valence-electron chi connectivity index (χ4n) is 1.91. The maximum Gasteiger partial charge on any atom is 0.234 e. The molecule has 0 saturated heterocycles. The Morgan fingerprint density at radius 3 is 2.59 bits per heavy atom. The lowest BCUT2D eigenvalue weighted by Gasteiger charge is -2.14. The van der Waals surface area contributed by atoms with Gasteiger partial charge in [-0.05, 0) is 37.5 Å². The van der Waals surface area contributed by atoms with Crippen LogP contribution in [0.3, 0.4) is 0 Å². The second kappa shape index (κ2) is 7.84. The molecule has 1 aromatic carbocycles. The number of amides is 1. The van der Waals surface area contributed by atoms with E-state index in [-0.39, 0.29) is 17.9 Å². The van der Waals surface area contributed by atoms with E-state index < -0.39 is 0 Å². The Morgan fingerprint density at radius 2 is 1.91 bits per heavy atom. The van der Waals surface area contributed by atoms with Crippen LogP contribution >= 0.6 is 15.9 Å². The molecule has 2 aromatic rings. The lowest BCUT2D eigenvalue weighted by molar-refractivity contribution is -0.114. The van der Waals surface area contributed by atoms with Crippen LogP contribution in [-0.2, 0) is 11.2 Å². The van der Waals surface area contributed by atoms with E-state index in [2.05, 4.69) is 60.6 Å². The van der Waals surface area contributed by atoms with Crippen LogP contribution in [0.5, 0.6) is 0 Å². The molecule has 6 nitrogen and oxygen atoms in total. The van der Waals surface area contributed by atoms with Gasteiger partial charge in [0.05, 0.1) is 0 Å². The first-order valence-corrected chi connectivity index (χ1v) is 7.80. The first kappa shape index (κ1) is 16.4. The summed E-state index contributed by atoms with van der Waals surface area (Å²) < 4.78 is 1.08. The van der Waals surface area contributed by atoms with Gasteiger partial charge >= 0.3 is 0 Å². The quantitative estimate of drug-likeness (QED) is 0.824. The molecule has 0 aliphatic rings. The van der Waals surface area contributed by atoms with Gasteiger partial charge in [-0.2, -0.15) is 4.98 Å². The van der Waals surface area contributed by atoms with Crippen LogP contribution in [0.25, 0.3) is 0 Å². The maximum absolute atomic E-state index is 11.0. The predicted molar refractivity (Wildman–Crippen MR) is 89.7 cm³/mol. The number of nitrogens with zero attached hydrogens (tertiary/aromatic N) is 3. The summed E-state index contributed by atoms with van der Waals surface area (Å²) in [6, 6.07) is 8.50. The summed E-state index contributed by atoms with van der Waals surface area (Å²) in [7, 11) is 0. The summed E-state index contributed by atoms with van der Waals surface area (Å²) in [5, 5.41) is 5.75. The molecule has 2 N–H and O–H groups in total. The van der Waals surface area contributed by atoms with Crippen molar-refractivity contribution in [2.24, 2.45) is 0 Å². The zero-order valence-corrected chi connectivity index (χ0v) is 14.1. The van der Waals surface area contributed by atoms with Crippen molar-refractivity contribution < 1.29 is 4.79 Å². The minimum atomic E-state index is -0.208. The highest BCUT2D eigenvalue weighted by Gasteiger charge is 2.07. The van der Waals surface area contributed by atoms with E-state index in [1.165, 1.54) is 18.8 Å². The molecule has 0 bridgehead atoms. The van der Waals surface area contributed by atoms with E-state index in [1.54, 1.807) is 0 Å². The first-order chi connectivity index (χ1) is 10.5. The molecule has 2 rings (SSSR count). The summed E-state index contributed by atoms with van der Waals surface area (Å²) in [4.78, 5) is 23.1. The summed E-state index contributed by atoms with van der Waals surface area (Å²) in [6.07, 6.45) is 3.29. The molecule has 1 aromatic heterocycles. The van der Waals surface area contributed by atoms with Crippen LogP contribution in [0.15, 0.2) is 35.1 Å². The third-order valence-electron chi connectivity index (χ3n) is 3.01. The Balaban J connectivity index is 1.87. The number of carbonyl (C=O) groups excluding carboxylic acids is 1. The number of nitrogens with one attached hydrogen (secondary N) is 2. The van der Waals surface area contributed by atoms with E-state index in [4.69, 9.17) is 0 Å². The van der Waals surface area contributed by atoms with Gasteiger partial charge in [0.25, 0.3) is 0 Å². The number of aromatic nitrogens is 3. The van der Waals surface area contributed by atoms with Crippen LogP contribution in [0.1, 0.15) is 25.8 Å². The van der Waals surface area contributed by atoms with Crippen molar-refractivity contribution in [3.63, 3.8) is 0 Å². The average Bonchev–Trinajstić information content (AvgIpc) is 2.46. The van der Waals surface area contributed by atoms with Crippen molar-refractivity contribution in [2.75, 3.05) is 10.6 Å². The number of halogens is 1. The Kier molecular flexibility index (Phi) is 5.83. The monoisotopic (exact) mass is 363 g/mol. The van der Waals surface area contributed by atoms with Crippen molar-refractivity contribution in [2.45, 2.75) is 32.7 Å². The number of hydrogen-bond donors (Lipinski definition) is 2. The highest BCUT2D eigenvalue weighted by atomic mass is 79.9. The van der Waals surface area contributed by atoms with Gasteiger partial charge in [0.2, 0.25) is 17.8 Å². The van der Waals surface area contributed by atoms with Crippen molar-refractivity contribution in [1.29, 1.82) is 0 Å². The number of benzene rings is 1. The number of rotatable bonds is 6. The van der Waals surface area contributed by atoms with E-state index >= 15 is 0 Å². The van der Waals surface area contributed by atoms with Gasteiger partial charge in [0.1, 0.15) is 6.33 Å². The SMILES string of the molecule is CC(=O)Nc1ncnc(NC(C)CCc2ccc(Br)cc2)n1. The highest BCUT2D eigenvalue weighted by molar-refractivity contribution is 9.10. The lowest BCUT2D eigenvalue weighted by Crippen LogP contribution is -2.19. The van der Waals surface area contributed by atoms with Crippen molar-refractivity contribution in [3.05, 3.63) is 40.6 Å². The summed E-state index contributed by atoms with van der Waals surface area (Å²) in [5.74, 6) is 0.507. The molecule has 0 spiro atoms. The Bertz CT molecular complexity index is 632. The summed E-state index contributed by atoms with van der Waals surface area (Å²) in [5.41, 5.74) is 1.28. The van der Waals surface area contributed by atoms with Gasteiger partial charge in [-0.25, -0.2) is 9.97 Å². The van der Waals surface area contributed by atoms with Gasteiger partial charge in [-0.1, -0.05) is 28.1 Å². The van der Waals surface area contributed by atoms with Crippen LogP contribution in [0.4, 0.5) is 11.9 Å². The molecule has 1 unspecified atom stereocenters. The molecular weight excluding hydrogens is 346 g/mol. The first-order valence-electron chi connectivity index (χ1n) is 7.00. The molecular formula is C15H18BrN5O. The Morgan fingerprint density at radius 1 is 1.23 bits per heavy atom. The van der Waals surface area contributed by atoms with Crippen LogP contribution < -0.4 is 10.6 Å². The summed E-state index contributed by atoms with van der Waals surface area (Å²) in [6.45, 7) is 3.48. The summed E-state index contributed by atoms with van der Waals surface area (Å²) >= 11 is 3.43. The van der Waals surface area contributed by atoms with Crippen molar-refractivity contribution >= 4 is 33.7 Å². The molecule has 1 heterocycles. The molecule has 116 valence electrons. The molecule has 7 heteroatoms. The molecule has 1 amide bonds. The normalized spacial score (nSPS) is 11.8. The maximum atomic E-state index is 11.0. The minimum Gasteiger partial charge on any atom is -0.352 e. The zero-order chi connectivity index (χ0) is 15.9. The Hall–Kier alpha value is -2.02. The van der Waals surface area contributed by atoms with E-state index in [9.17, 15) is 4.79 Å². The fraction of sp³-hybridized carbons (Fsp3) is 0.333. The third-order valence-corrected chi connectivity index (χ3v) is 3.54. The topological polar surface area (TPSA) is 79.8 Å². The standard InChI is InChI=1S/C15H18BrN5O/c1-10(3-4-12-5-7-13(16)8-6-12)19-14-17-9-18-15(21-14)20-11(2)22/h5-10H,3-4H2,1-2H3,(H2,17,18,19,20,21,22). The molecule has 0 saturated carbocycles. The molecule has 0 fully saturated rings. The zero-order valence-electron chi connectivity index (χ0n) is 12.5. The average molecular weight is 364 g/mol. The largest absolute Gasteiger partial charge is 0.352 e. The lowest BCUT2D eigenvalue weighted by atomic mass is 10.1. The number of aryl methyl sites for hydroxylation is 1. The van der Waals surface area contributed by atoms with E-state index in [1.807, 2.05) is 12.1 Å². The van der Waals surface area contributed by atoms with Gasteiger partial charge < -0.3 is 5.32 Å². The molecule has 1 atom stereocenters. The number of carbonyl (C=O) groups is 1. The highest BCUT2D eigenvalue weighted by Crippen LogP contribution is 2.13. The molecule has 0 aliphatic carbocycles. The molecule has 0 radical (unpaired) electrons. The number of anilines is 2. The second-order valence-corrected chi connectivity index (χ2v) is 5.94. The van der Waals surface area contributed by atoms with Crippen LogP contribution in [-0.4, -0.2) is 26.9 Å². The number of hydrogen-bond acceptors (Lipinski definition) is 5. The van der Waals surface area contributed by atoms with E-state index in [0.717, 1.165) is 17.3 Å². The van der Waals surface area contributed by atoms with Crippen LogP contribution in [0, 0.1) is 0 Å². The van der Waals surface area contributed by atoms with Gasteiger partial charge in [0.15, 0.2) is 0 Å². The van der Waals surface area contributed by atoms with Crippen molar-refractivity contribution in [3.8, 4) is 0 Å².